The molecule has 0 heterocycles. The van der Waals surface area contributed by atoms with Crippen LogP contribution in [0.1, 0.15) is 142 Å². The van der Waals surface area contributed by atoms with Gasteiger partial charge in [0.25, 0.3) is 0 Å². The van der Waals surface area contributed by atoms with Crippen LogP contribution >= 0.6 is 0 Å². The third-order valence-corrected chi connectivity index (χ3v) is 7.26. The van der Waals surface area contributed by atoms with Crippen LogP contribution in [0.2, 0.25) is 0 Å². The van der Waals surface area contributed by atoms with Gasteiger partial charge in [0.2, 0.25) is 0 Å². The number of unbranched alkanes of at least 4 members (excludes halogenated alkanes) is 17. The SMILES string of the molecule is CCCCCCCCCCCCCCCC(CCCCCCCCO)S(=O)(=O)[O-].[Na+]. The first kappa shape index (κ1) is 33.0. The van der Waals surface area contributed by atoms with Crippen LogP contribution in [-0.2, 0) is 10.1 Å². The van der Waals surface area contributed by atoms with E-state index in [-0.39, 0.29) is 36.2 Å². The standard InChI is InChI=1S/C24H50O4S.Na/c1-2-3-4-5-6-7-8-9-10-11-12-15-18-21-24(29(26,27)28)22-19-16-13-14-17-20-23-25;/h24-25H,2-23H2,1H3,(H,26,27,28);/q;+1/p-1. The van der Waals surface area contributed by atoms with E-state index in [4.69, 9.17) is 5.11 Å². The van der Waals surface area contributed by atoms with Crippen molar-refractivity contribution in [1.82, 2.24) is 0 Å². The predicted molar refractivity (Wildman–Crippen MR) is 123 cm³/mol. The van der Waals surface area contributed by atoms with Gasteiger partial charge >= 0.3 is 29.6 Å². The zero-order chi connectivity index (χ0) is 21.6. The molecule has 176 valence electrons. The van der Waals surface area contributed by atoms with Gasteiger partial charge in [-0.05, 0) is 19.3 Å². The Balaban J connectivity index is 0. The van der Waals surface area contributed by atoms with Crippen molar-refractivity contribution in [3.63, 3.8) is 0 Å². The second-order valence-electron chi connectivity index (χ2n) is 8.78. The van der Waals surface area contributed by atoms with E-state index in [1.807, 2.05) is 0 Å². The molecule has 0 saturated heterocycles. The average Bonchev–Trinajstić information content (AvgIpc) is 2.68. The van der Waals surface area contributed by atoms with E-state index in [1.54, 1.807) is 0 Å². The van der Waals surface area contributed by atoms with Crippen molar-refractivity contribution in [3.8, 4) is 0 Å². The minimum atomic E-state index is -4.17. The first-order chi connectivity index (χ1) is 14.0. The topological polar surface area (TPSA) is 77.4 Å². The maximum atomic E-state index is 11.5. The Morgan fingerprint density at radius 1 is 0.600 bits per heavy atom. The number of hydrogen-bond acceptors (Lipinski definition) is 4. The molecule has 0 rings (SSSR count). The van der Waals surface area contributed by atoms with Crippen LogP contribution in [0, 0.1) is 0 Å². The molecule has 1 unspecified atom stereocenters. The smallest absolute Gasteiger partial charge is 0.748 e. The van der Waals surface area contributed by atoms with Gasteiger partial charge in [-0.25, -0.2) is 8.42 Å². The van der Waals surface area contributed by atoms with E-state index < -0.39 is 15.4 Å². The van der Waals surface area contributed by atoms with Crippen LogP contribution in [0.25, 0.3) is 0 Å². The van der Waals surface area contributed by atoms with Crippen molar-refractivity contribution in [3.05, 3.63) is 0 Å². The van der Waals surface area contributed by atoms with Crippen molar-refractivity contribution in [1.29, 1.82) is 0 Å². The number of rotatable bonds is 23. The molecule has 1 N–H and O–H groups in total. The van der Waals surface area contributed by atoms with E-state index in [1.165, 1.54) is 64.2 Å². The quantitative estimate of drug-likeness (QED) is 0.143. The van der Waals surface area contributed by atoms with Crippen molar-refractivity contribution < 1.29 is 47.6 Å². The molecule has 0 aliphatic carbocycles. The van der Waals surface area contributed by atoms with Crippen molar-refractivity contribution in [2.24, 2.45) is 0 Å². The fraction of sp³-hybridized carbons (Fsp3) is 1.00. The summed E-state index contributed by atoms with van der Waals surface area (Å²) in [5, 5.41) is 8.06. The summed E-state index contributed by atoms with van der Waals surface area (Å²) in [6.45, 7) is 2.50. The van der Waals surface area contributed by atoms with Gasteiger partial charge in [-0.1, -0.05) is 122 Å². The molecule has 0 aromatic rings. The molecule has 0 spiro atoms. The number of aliphatic hydroxyl groups is 1. The summed E-state index contributed by atoms with van der Waals surface area (Å²) in [5.41, 5.74) is 0. The third-order valence-electron chi connectivity index (χ3n) is 5.97. The third kappa shape index (κ3) is 23.5. The van der Waals surface area contributed by atoms with Gasteiger partial charge in [0.05, 0.1) is 10.1 Å². The molecule has 0 aliphatic heterocycles. The van der Waals surface area contributed by atoms with Crippen LogP contribution in [-0.4, -0.2) is 29.9 Å². The van der Waals surface area contributed by atoms with Gasteiger partial charge in [0, 0.05) is 11.9 Å². The van der Waals surface area contributed by atoms with Crippen LogP contribution in [0.5, 0.6) is 0 Å². The summed E-state index contributed by atoms with van der Waals surface area (Å²) in [5.74, 6) is 0. The van der Waals surface area contributed by atoms with Crippen molar-refractivity contribution in [2.75, 3.05) is 6.61 Å². The molecule has 0 amide bonds. The molecule has 0 aromatic heterocycles. The minimum Gasteiger partial charge on any atom is -0.748 e. The molecule has 4 nitrogen and oxygen atoms in total. The Morgan fingerprint density at radius 2 is 0.900 bits per heavy atom. The normalized spacial score (nSPS) is 12.6. The fourth-order valence-electron chi connectivity index (χ4n) is 4.01. The zero-order valence-corrected chi connectivity index (χ0v) is 23.0. The minimum absolute atomic E-state index is 0. The second kappa shape index (κ2) is 24.5. The van der Waals surface area contributed by atoms with E-state index in [2.05, 4.69) is 6.92 Å². The Bertz CT molecular complexity index is 429. The molecule has 6 heteroatoms. The van der Waals surface area contributed by atoms with E-state index in [9.17, 15) is 13.0 Å². The molecule has 0 fully saturated rings. The summed E-state index contributed by atoms with van der Waals surface area (Å²) < 4.78 is 34.5. The molecular weight excluding hydrogens is 407 g/mol. The second-order valence-corrected chi connectivity index (χ2v) is 10.4. The van der Waals surface area contributed by atoms with Gasteiger partial charge in [-0.3, -0.25) is 0 Å². The Kier molecular flexibility index (Phi) is 27.0. The van der Waals surface area contributed by atoms with Crippen molar-refractivity contribution >= 4 is 10.1 Å². The maximum absolute atomic E-state index is 11.5. The molecule has 0 saturated carbocycles. The van der Waals surface area contributed by atoms with Gasteiger partial charge in [0.1, 0.15) is 0 Å². The Labute approximate surface area is 210 Å². The number of hydrogen-bond donors (Lipinski definition) is 1. The van der Waals surface area contributed by atoms with Crippen LogP contribution < -0.4 is 29.6 Å². The Morgan fingerprint density at radius 3 is 1.20 bits per heavy atom. The summed E-state index contributed by atoms with van der Waals surface area (Å²) >= 11 is 0. The Hall–Kier alpha value is 0.870. The van der Waals surface area contributed by atoms with Gasteiger partial charge < -0.3 is 9.66 Å². The number of aliphatic hydroxyl groups excluding tert-OH is 1. The first-order valence-corrected chi connectivity index (χ1v) is 14.0. The molecule has 30 heavy (non-hydrogen) atoms. The summed E-state index contributed by atoms with van der Waals surface area (Å²) in [6.07, 6.45) is 23.3. The molecule has 0 aliphatic rings. The first-order valence-electron chi connectivity index (χ1n) is 12.6. The average molecular weight is 457 g/mol. The van der Waals surface area contributed by atoms with Gasteiger partial charge in [-0.2, -0.15) is 0 Å². The van der Waals surface area contributed by atoms with Gasteiger partial charge in [0.15, 0.2) is 0 Å². The fourth-order valence-corrected chi connectivity index (χ4v) is 4.92. The monoisotopic (exact) mass is 456 g/mol. The zero-order valence-electron chi connectivity index (χ0n) is 20.2. The van der Waals surface area contributed by atoms with Crippen LogP contribution in [0.15, 0.2) is 0 Å². The van der Waals surface area contributed by atoms with Crippen molar-refractivity contribution in [2.45, 2.75) is 147 Å². The van der Waals surface area contributed by atoms with Crippen LogP contribution in [0.3, 0.4) is 0 Å². The molecular formula is C24H49NaO4S. The van der Waals surface area contributed by atoms with E-state index >= 15 is 0 Å². The largest absolute Gasteiger partial charge is 1.00 e. The summed E-state index contributed by atoms with van der Waals surface area (Å²) in [6, 6.07) is 0. The maximum Gasteiger partial charge on any atom is 1.00 e. The summed E-state index contributed by atoms with van der Waals surface area (Å²) in [4.78, 5) is 0. The molecule has 0 bridgehead atoms. The summed E-state index contributed by atoms with van der Waals surface area (Å²) in [7, 11) is -4.17. The molecule has 0 radical (unpaired) electrons. The molecule has 1 atom stereocenters. The van der Waals surface area contributed by atoms with Gasteiger partial charge in [-0.15, -0.1) is 0 Å². The molecule has 0 aromatic carbocycles. The predicted octanol–water partition coefficient (Wildman–Crippen LogP) is 4.11. The van der Waals surface area contributed by atoms with Crippen LogP contribution in [0.4, 0.5) is 0 Å². The van der Waals surface area contributed by atoms with E-state index in [0.717, 1.165) is 57.8 Å². The van der Waals surface area contributed by atoms with E-state index in [0.29, 0.717) is 12.8 Å².